The first-order valence-corrected chi connectivity index (χ1v) is 6.83. The van der Waals surface area contributed by atoms with Gasteiger partial charge in [-0.3, -0.25) is 0 Å². The Balaban J connectivity index is 2.06. The highest BCUT2D eigenvalue weighted by molar-refractivity contribution is 5.13. The predicted molar refractivity (Wildman–Crippen MR) is 76.1 cm³/mol. The van der Waals surface area contributed by atoms with Gasteiger partial charge in [-0.1, -0.05) is 30.3 Å². The van der Waals surface area contributed by atoms with Crippen LogP contribution in [0.1, 0.15) is 19.4 Å². The first-order chi connectivity index (χ1) is 9.22. The van der Waals surface area contributed by atoms with E-state index in [-0.39, 0.29) is 6.04 Å². The summed E-state index contributed by atoms with van der Waals surface area (Å²) in [7, 11) is 0. The van der Waals surface area contributed by atoms with Crippen LogP contribution in [-0.2, 0) is 16.1 Å². The quantitative estimate of drug-likeness (QED) is 0.676. The van der Waals surface area contributed by atoms with E-state index in [0.29, 0.717) is 26.4 Å². The van der Waals surface area contributed by atoms with Gasteiger partial charge < -0.3 is 19.9 Å². The van der Waals surface area contributed by atoms with E-state index in [9.17, 15) is 5.11 Å². The molecule has 2 unspecified atom stereocenters. The molecule has 2 N–H and O–H groups in total. The molecule has 0 aliphatic heterocycles. The van der Waals surface area contributed by atoms with E-state index < -0.39 is 6.10 Å². The van der Waals surface area contributed by atoms with Crippen molar-refractivity contribution < 1.29 is 14.6 Å². The number of aliphatic hydroxyl groups is 1. The third-order valence-electron chi connectivity index (χ3n) is 2.70. The normalized spacial score (nSPS) is 14.3. The van der Waals surface area contributed by atoms with Gasteiger partial charge in [0.1, 0.15) is 0 Å². The lowest BCUT2D eigenvalue weighted by molar-refractivity contribution is 0.0257. The van der Waals surface area contributed by atoms with Crippen molar-refractivity contribution in [3.63, 3.8) is 0 Å². The summed E-state index contributed by atoms with van der Waals surface area (Å²) < 4.78 is 10.8. The highest BCUT2D eigenvalue weighted by Gasteiger charge is 2.07. The van der Waals surface area contributed by atoms with Gasteiger partial charge in [0, 0.05) is 19.2 Å². The van der Waals surface area contributed by atoms with E-state index in [4.69, 9.17) is 9.47 Å². The Bertz CT molecular complexity index is 318. The maximum absolute atomic E-state index is 9.77. The fourth-order valence-corrected chi connectivity index (χ4v) is 1.64. The predicted octanol–water partition coefficient (Wildman–Crippen LogP) is 1.58. The molecule has 1 aromatic rings. The molecular weight excluding hydrogens is 242 g/mol. The van der Waals surface area contributed by atoms with Gasteiger partial charge in [-0.25, -0.2) is 0 Å². The van der Waals surface area contributed by atoms with Crippen LogP contribution in [0.4, 0.5) is 0 Å². The van der Waals surface area contributed by atoms with Gasteiger partial charge in [0.2, 0.25) is 0 Å². The lowest BCUT2D eigenvalue weighted by Gasteiger charge is -2.17. The molecule has 0 aliphatic carbocycles. The summed E-state index contributed by atoms with van der Waals surface area (Å²) >= 11 is 0. The van der Waals surface area contributed by atoms with Crippen LogP contribution in [0.3, 0.4) is 0 Å². The van der Waals surface area contributed by atoms with Gasteiger partial charge in [-0.15, -0.1) is 0 Å². The maximum Gasteiger partial charge on any atom is 0.0897 e. The number of benzene rings is 1. The fourth-order valence-electron chi connectivity index (χ4n) is 1.64. The Hall–Kier alpha value is -0.940. The molecule has 19 heavy (non-hydrogen) atoms. The van der Waals surface area contributed by atoms with Crippen molar-refractivity contribution in [3.05, 3.63) is 35.9 Å². The SMILES string of the molecule is CCOCC(C)NCC(O)COCc1ccccc1. The Morgan fingerprint density at radius 1 is 1.16 bits per heavy atom. The number of rotatable bonds is 10. The van der Waals surface area contributed by atoms with Crippen LogP contribution in [0.2, 0.25) is 0 Å². The minimum atomic E-state index is -0.493. The van der Waals surface area contributed by atoms with E-state index in [1.54, 1.807) is 0 Å². The fraction of sp³-hybridized carbons (Fsp3) is 0.600. The lowest BCUT2D eigenvalue weighted by Crippen LogP contribution is -2.38. The van der Waals surface area contributed by atoms with Gasteiger partial charge in [-0.05, 0) is 19.4 Å². The van der Waals surface area contributed by atoms with Crippen LogP contribution >= 0.6 is 0 Å². The summed E-state index contributed by atoms with van der Waals surface area (Å²) in [6.45, 7) is 6.77. The van der Waals surface area contributed by atoms with E-state index in [2.05, 4.69) is 5.32 Å². The molecule has 4 nitrogen and oxygen atoms in total. The van der Waals surface area contributed by atoms with Gasteiger partial charge in [0.25, 0.3) is 0 Å². The molecule has 0 aromatic heterocycles. The van der Waals surface area contributed by atoms with Crippen molar-refractivity contribution in [2.75, 3.05) is 26.4 Å². The molecule has 0 spiro atoms. The molecule has 0 saturated heterocycles. The molecule has 0 saturated carbocycles. The Morgan fingerprint density at radius 2 is 1.89 bits per heavy atom. The topological polar surface area (TPSA) is 50.7 Å². The Labute approximate surface area is 115 Å². The van der Waals surface area contributed by atoms with Crippen molar-refractivity contribution >= 4 is 0 Å². The average molecular weight is 267 g/mol. The number of ether oxygens (including phenoxy) is 2. The van der Waals surface area contributed by atoms with Crippen molar-refractivity contribution in [2.45, 2.75) is 32.6 Å². The summed E-state index contributed by atoms with van der Waals surface area (Å²) in [5.41, 5.74) is 1.12. The van der Waals surface area contributed by atoms with E-state index in [1.807, 2.05) is 44.2 Å². The molecule has 0 bridgehead atoms. The van der Waals surface area contributed by atoms with Crippen LogP contribution in [0, 0.1) is 0 Å². The lowest BCUT2D eigenvalue weighted by atomic mass is 10.2. The first kappa shape index (κ1) is 16.1. The van der Waals surface area contributed by atoms with Crippen LogP contribution in [0.25, 0.3) is 0 Å². The number of hydrogen-bond donors (Lipinski definition) is 2. The van der Waals surface area contributed by atoms with Crippen molar-refractivity contribution in [3.8, 4) is 0 Å². The van der Waals surface area contributed by atoms with E-state index in [0.717, 1.165) is 12.2 Å². The van der Waals surface area contributed by atoms with Crippen molar-refractivity contribution in [1.29, 1.82) is 0 Å². The number of hydrogen-bond acceptors (Lipinski definition) is 4. The third-order valence-corrected chi connectivity index (χ3v) is 2.70. The highest BCUT2D eigenvalue weighted by Crippen LogP contribution is 2.00. The maximum atomic E-state index is 9.77. The standard InChI is InChI=1S/C15H25NO3/c1-3-18-10-13(2)16-9-15(17)12-19-11-14-7-5-4-6-8-14/h4-8,13,15-17H,3,9-12H2,1-2H3. The zero-order valence-corrected chi connectivity index (χ0v) is 11.8. The monoisotopic (exact) mass is 267 g/mol. The molecule has 1 rings (SSSR count). The van der Waals surface area contributed by atoms with Gasteiger partial charge in [-0.2, -0.15) is 0 Å². The molecule has 0 radical (unpaired) electrons. The van der Waals surface area contributed by atoms with E-state index in [1.165, 1.54) is 0 Å². The second kappa shape index (κ2) is 9.92. The molecule has 0 amide bonds. The van der Waals surface area contributed by atoms with Crippen LogP contribution < -0.4 is 5.32 Å². The smallest absolute Gasteiger partial charge is 0.0897 e. The number of aliphatic hydroxyl groups excluding tert-OH is 1. The summed E-state index contributed by atoms with van der Waals surface area (Å²) in [5, 5.41) is 13.0. The van der Waals surface area contributed by atoms with Gasteiger partial charge in [0.05, 0.1) is 25.9 Å². The summed E-state index contributed by atoms with van der Waals surface area (Å²) in [6, 6.07) is 10.2. The Morgan fingerprint density at radius 3 is 2.58 bits per heavy atom. The molecular formula is C15H25NO3. The molecule has 0 fully saturated rings. The summed E-state index contributed by atoms with van der Waals surface area (Å²) in [4.78, 5) is 0. The second-order valence-electron chi connectivity index (χ2n) is 4.62. The van der Waals surface area contributed by atoms with Crippen LogP contribution in [0.5, 0.6) is 0 Å². The minimum absolute atomic E-state index is 0.240. The molecule has 0 heterocycles. The largest absolute Gasteiger partial charge is 0.389 e. The van der Waals surface area contributed by atoms with Gasteiger partial charge in [0.15, 0.2) is 0 Å². The molecule has 1 aromatic carbocycles. The minimum Gasteiger partial charge on any atom is -0.389 e. The highest BCUT2D eigenvalue weighted by atomic mass is 16.5. The van der Waals surface area contributed by atoms with Crippen LogP contribution in [-0.4, -0.2) is 43.6 Å². The van der Waals surface area contributed by atoms with Gasteiger partial charge >= 0.3 is 0 Å². The second-order valence-corrected chi connectivity index (χ2v) is 4.62. The molecule has 0 aliphatic rings. The summed E-state index contributed by atoms with van der Waals surface area (Å²) in [6.07, 6.45) is -0.493. The molecule has 4 heteroatoms. The zero-order valence-electron chi connectivity index (χ0n) is 11.8. The average Bonchev–Trinajstić information content (AvgIpc) is 2.44. The van der Waals surface area contributed by atoms with Crippen LogP contribution in [0.15, 0.2) is 30.3 Å². The molecule has 2 atom stereocenters. The third kappa shape index (κ3) is 7.95. The Kier molecular flexibility index (Phi) is 8.41. The number of nitrogens with one attached hydrogen (secondary N) is 1. The molecule has 108 valence electrons. The van der Waals surface area contributed by atoms with Crippen molar-refractivity contribution in [2.24, 2.45) is 0 Å². The zero-order chi connectivity index (χ0) is 13.9. The van der Waals surface area contributed by atoms with Crippen molar-refractivity contribution in [1.82, 2.24) is 5.32 Å². The first-order valence-electron chi connectivity index (χ1n) is 6.83. The summed E-state index contributed by atoms with van der Waals surface area (Å²) in [5.74, 6) is 0. The van der Waals surface area contributed by atoms with E-state index >= 15 is 0 Å².